The summed E-state index contributed by atoms with van der Waals surface area (Å²) >= 11 is 0. The van der Waals surface area contributed by atoms with Gasteiger partial charge in [0.2, 0.25) is 0 Å². The highest BCUT2D eigenvalue weighted by atomic mass is 19.1. The summed E-state index contributed by atoms with van der Waals surface area (Å²) in [5.74, 6) is -0.195. The molecule has 1 atom stereocenters. The molecule has 0 radical (unpaired) electrons. The second-order valence-corrected chi connectivity index (χ2v) is 4.75. The Bertz CT molecular complexity index is 504. The van der Waals surface area contributed by atoms with E-state index in [0.717, 1.165) is 30.6 Å². The molecular formula is C15H20FN3. The van der Waals surface area contributed by atoms with Crippen LogP contribution in [-0.2, 0) is 13.5 Å². The van der Waals surface area contributed by atoms with Crippen LogP contribution in [0.25, 0.3) is 0 Å². The summed E-state index contributed by atoms with van der Waals surface area (Å²) in [5.41, 5.74) is 2.14. The summed E-state index contributed by atoms with van der Waals surface area (Å²) < 4.78 is 14.7. The molecule has 1 heterocycles. The Hall–Kier alpha value is -1.68. The molecule has 1 unspecified atom stereocenters. The van der Waals surface area contributed by atoms with Gasteiger partial charge in [-0.3, -0.25) is 4.68 Å². The topological polar surface area (TPSA) is 29.9 Å². The van der Waals surface area contributed by atoms with Gasteiger partial charge in [0.05, 0.1) is 11.7 Å². The highest BCUT2D eigenvalue weighted by Crippen LogP contribution is 2.17. The van der Waals surface area contributed by atoms with Gasteiger partial charge in [0, 0.05) is 13.2 Å². The molecule has 1 aromatic heterocycles. The number of hydrogen-bond acceptors (Lipinski definition) is 2. The molecule has 0 fully saturated rings. The Balaban J connectivity index is 2.11. The van der Waals surface area contributed by atoms with Gasteiger partial charge in [-0.25, -0.2) is 4.39 Å². The predicted octanol–water partition coefficient (Wildman–Crippen LogP) is 2.84. The van der Waals surface area contributed by atoms with Gasteiger partial charge in [-0.1, -0.05) is 19.1 Å². The van der Waals surface area contributed by atoms with Crippen LogP contribution in [0.15, 0.2) is 36.5 Å². The lowest BCUT2D eigenvalue weighted by atomic mass is 10.0. The zero-order chi connectivity index (χ0) is 13.7. The molecule has 1 aromatic carbocycles. The first kappa shape index (κ1) is 13.7. The SMILES string of the molecule is CCCNC(Cc1ccc(F)cc1)c1ccn(C)n1. The maximum atomic E-state index is 12.9. The summed E-state index contributed by atoms with van der Waals surface area (Å²) in [7, 11) is 1.91. The molecule has 0 saturated heterocycles. The van der Waals surface area contributed by atoms with E-state index in [-0.39, 0.29) is 11.9 Å². The van der Waals surface area contributed by atoms with Crippen LogP contribution >= 0.6 is 0 Å². The third kappa shape index (κ3) is 3.89. The van der Waals surface area contributed by atoms with E-state index in [1.165, 1.54) is 12.1 Å². The number of halogens is 1. The van der Waals surface area contributed by atoms with E-state index in [9.17, 15) is 4.39 Å². The van der Waals surface area contributed by atoms with Gasteiger partial charge in [0.25, 0.3) is 0 Å². The Labute approximate surface area is 113 Å². The van der Waals surface area contributed by atoms with Crippen LogP contribution in [0, 0.1) is 5.82 Å². The molecule has 1 N–H and O–H groups in total. The lowest BCUT2D eigenvalue weighted by molar-refractivity contribution is 0.510. The van der Waals surface area contributed by atoms with E-state index < -0.39 is 0 Å². The first-order chi connectivity index (χ1) is 9.19. The molecule has 2 aromatic rings. The smallest absolute Gasteiger partial charge is 0.123 e. The second kappa shape index (κ2) is 6.48. The van der Waals surface area contributed by atoms with Crippen molar-refractivity contribution < 1.29 is 4.39 Å². The van der Waals surface area contributed by atoms with Crippen molar-refractivity contribution in [2.24, 2.45) is 7.05 Å². The van der Waals surface area contributed by atoms with Crippen molar-refractivity contribution in [1.82, 2.24) is 15.1 Å². The van der Waals surface area contributed by atoms with Gasteiger partial charge >= 0.3 is 0 Å². The number of nitrogens with zero attached hydrogens (tertiary/aromatic N) is 2. The van der Waals surface area contributed by atoms with Crippen molar-refractivity contribution in [2.45, 2.75) is 25.8 Å². The number of rotatable bonds is 6. The third-order valence-electron chi connectivity index (χ3n) is 3.09. The molecule has 0 aliphatic rings. The fourth-order valence-corrected chi connectivity index (χ4v) is 2.07. The normalized spacial score (nSPS) is 12.6. The summed E-state index contributed by atoms with van der Waals surface area (Å²) in [4.78, 5) is 0. The molecule has 3 nitrogen and oxygen atoms in total. The Kier molecular flexibility index (Phi) is 4.68. The van der Waals surface area contributed by atoms with Crippen molar-refractivity contribution in [3.05, 3.63) is 53.6 Å². The first-order valence-electron chi connectivity index (χ1n) is 6.66. The van der Waals surface area contributed by atoms with Gasteiger partial charge in [0.1, 0.15) is 5.82 Å². The Morgan fingerprint density at radius 1 is 1.26 bits per heavy atom. The summed E-state index contributed by atoms with van der Waals surface area (Å²) in [6.07, 6.45) is 3.84. The van der Waals surface area contributed by atoms with Crippen LogP contribution in [0.5, 0.6) is 0 Å². The van der Waals surface area contributed by atoms with E-state index >= 15 is 0 Å². The number of aromatic nitrogens is 2. The molecule has 102 valence electrons. The van der Waals surface area contributed by atoms with Crippen LogP contribution in [-0.4, -0.2) is 16.3 Å². The van der Waals surface area contributed by atoms with Gasteiger partial charge in [-0.15, -0.1) is 0 Å². The molecule has 0 bridgehead atoms. The molecule has 0 aliphatic heterocycles. The lowest BCUT2D eigenvalue weighted by Gasteiger charge is -2.16. The summed E-state index contributed by atoms with van der Waals surface area (Å²) in [6.45, 7) is 3.09. The standard InChI is InChI=1S/C15H20FN3/c1-3-9-17-15(14-8-10-19(2)18-14)11-12-4-6-13(16)7-5-12/h4-8,10,15,17H,3,9,11H2,1-2H3. The number of aryl methyl sites for hydroxylation is 1. The fraction of sp³-hybridized carbons (Fsp3) is 0.400. The quantitative estimate of drug-likeness (QED) is 0.866. The first-order valence-corrected chi connectivity index (χ1v) is 6.66. The molecule has 19 heavy (non-hydrogen) atoms. The number of nitrogens with one attached hydrogen (secondary N) is 1. The van der Waals surface area contributed by atoms with Crippen LogP contribution in [0.4, 0.5) is 4.39 Å². The molecule has 4 heteroatoms. The zero-order valence-electron chi connectivity index (χ0n) is 11.4. The van der Waals surface area contributed by atoms with Crippen molar-refractivity contribution in [3.8, 4) is 0 Å². The van der Waals surface area contributed by atoms with Gasteiger partial charge in [0.15, 0.2) is 0 Å². The number of benzene rings is 1. The minimum absolute atomic E-state index is 0.173. The highest BCUT2D eigenvalue weighted by Gasteiger charge is 2.14. The average Bonchev–Trinajstić information content (AvgIpc) is 2.83. The minimum Gasteiger partial charge on any atom is -0.308 e. The highest BCUT2D eigenvalue weighted by molar-refractivity contribution is 5.19. The van der Waals surface area contributed by atoms with Crippen molar-refractivity contribution in [2.75, 3.05) is 6.54 Å². The van der Waals surface area contributed by atoms with Crippen molar-refractivity contribution in [1.29, 1.82) is 0 Å². The predicted molar refractivity (Wildman–Crippen MR) is 74.3 cm³/mol. The van der Waals surface area contributed by atoms with E-state index in [2.05, 4.69) is 17.3 Å². The van der Waals surface area contributed by atoms with Crippen molar-refractivity contribution >= 4 is 0 Å². The average molecular weight is 261 g/mol. The van der Waals surface area contributed by atoms with Crippen LogP contribution in [0.1, 0.15) is 30.6 Å². The molecule has 2 rings (SSSR count). The molecule has 0 saturated carbocycles. The van der Waals surface area contributed by atoms with E-state index in [1.807, 2.05) is 31.4 Å². The molecule has 0 spiro atoms. The summed E-state index contributed by atoms with van der Waals surface area (Å²) in [5, 5.41) is 7.95. The van der Waals surface area contributed by atoms with Gasteiger partial charge in [-0.05, 0) is 43.1 Å². The molecular weight excluding hydrogens is 241 g/mol. The second-order valence-electron chi connectivity index (χ2n) is 4.75. The van der Waals surface area contributed by atoms with Crippen LogP contribution < -0.4 is 5.32 Å². The largest absolute Gasteiger partial charge is 0.308 e. The minimum atomic E-state index is -0.195. The Morgan fingerprint density at radius 2 is 2.00 bits per heavy atom. The van der Waals surface area contributed by atoms with E-state index in [4.69, 9.17) is 0 Å². The summed E-state index contributed by atoms with van der Waals surface area (Å²) in [6, 6.07) is 8.87. The molecule has 0 aliphatic carbocycles. The monoisotopic (exact) mass is 261 g/mol. The van der Waals surface area contributed by atoms with E-state index in [1.54, 1.807) is 4.68 Å². The molecule has 0 amide bonds. The number of hydrogen-bond donors (Lipinski definition) is 1. The van der Waals surface area contributed by atoms with Crippen LogP contribution in [0.3, 0.4) is 0 Å². The van der Waals surface area contributed by atoms with Crippen LogP contribution in [0.2, 0.25) is 0 Å². The van der Waals surface area contributed by atoms with Crippen molar-refractivity contribution in [3.63, 3.8) is 0 Å². The third-order valence-corrected chi connectivity index (χ3v) is 3.09. The maximum Gasteiger partial charge on any atom is 0.123 e. The fourth-order valence-electron chi connectivity index (χ4n) is 2.07. The van der Waals surface area contributed by atoms with E-state index in [0.29, 0.717) is 0 Å². The zero-order valence-corrected chi connectivity index (χ0v) is 11.4. The maximum absolute atomic E-state index is 12.9. The van der Waals surface area contributed by atoms with Gasteiger partial charge in [-0.2, -0.15) is 5.10 Å². The Morgan fingerprint density at radius 3 is 2.58 bits per heavy atom. The lowest BCUT2D eigenvalue weighted by Crippen LogP contribution is -2.24. The van der Waals surface area contributed by atoms with Gasteiger partial charge < -0.3 is 5.32 Å².